The van der Waals surface area contributed by atoms with Gasteiger partial charge in [-0.3, -0.25) is 19.6 Å². The number of carboxylic acid groups (broad SMARTS) is 1. The molecule has 3 rings (SSSR count). The third-order valence-corrected chi connectivity index (χ3v) is 4.42. The standard InChI is InChI=1S/C18H19N3O3/c22-17(7-6-14-5-1-2-9-20-14)21-11-15(16(12-21)18(23)24)13-4-3-8-19-10-13/h1-5,8-10,15-16H,6-7,11-12H2,(H,23,24)/t15-,16+/m0/s1. The third kappa shape index (κ3) is 3.59. The predicted molar refractivity (Wildman–Crippen MR) is 87.2 cm³/mol. The van der Waals surface area contributed by atoms with Crippen molar-refractivity contribution in [3.05, 3.63) is 60.2 Å². The number of aromatic nitrogens is 2. The lowest BCUT2D eigenvalue weighted by atomic mass is 9.90. The molecule has 24 heavy (non-hydrogen) atoms. The molecule has 6 heteroatoms. The molecule has 1 aliphatic rings. The molecule has 0 aromatic carbocycles. The van der Waals surface area contributed by atoms with Crippen LogP contribution >= 0.6 is 0 Å². The van der Waals surface area contributed by atoms with Crippen LogP contribution in [0.15, 0.2) is 48.9 Å². The minimum Gasteiger partial charge on any atom is -0.481 e. The van der Waals surface area contributed by atoms with Crippen molar-refractivity contribution in [2.45, 2.75) is 18.8 Å². The van der Waals surface area contributed by atoms with Crippen LogP contribution in [0.1, 0.15) is 23.6 Å². The number of likely N-dealkylation sites (tertiary alicyclic amines) is 1. The lowest BCUT2D eigenvalue weighted by Crippen LogP contribution is -2.30. The fraction of sp³-hybridized carbons (Fsp3) is 0.333. The highest BCUT2D eigenvalue weighted by molar-refractivity contribution is 5.79. The molecule has 1 saturated heterocycles. The summed E-state index contributed by atoms with van der Waals surface area (Å²) in [5.41, 5.74) is 1.73. The zero-order valence-corrected chi connectivity index (χ0v) is 13.2. The van der Waals surface area contributed by atoms with Crippen LogP contribution in [0.25, 0.3) is 0 Å². The van der Waals surface area contributed by atoms with E-state index in [9.17, 15) is 14.7 Å². The smallest absolute Gasteiger partial charge is 0.308 e. The average Bonchev–Trinajstić information content (AvgIpc) is 3.07. The Morgan fingerprint density at radius 1 is 1.17 bits per heavy atom. The maximum absolute atomic E-state index is 12.5. The van der Waals surface area contributed by atoms with Crippen molar-refractivity contribution in [3.8, 4) is 0 Å². The van der Waals surface area contributed by atoms with Crippen LogP contribution in [0.4, 0.5) is 0 Å². The van der Waals surface area contributed by atoms with Gasteiger partial charge in [0.2, 0.25) is 5.91 Å². The fourth-order valence-electron chi connectivity index (χ4n) is 3.13. The third-order valence-electron chi connectivity index (χ3n) is 4.42. The van der Waals surface area contributed by atoms with Crippen molar-refractivity contribution in [2.24, 2.45) is 5.92 Å². The number of aryl methyl sites for hydroxylation is 1. The summed E-state index contributed by atoms with van der Waals surface area (Å²) in [6, 6.07) is 9.27. The lowest BCUT2D eigenvalue weighted by molar-refractivity contribution is -0.141. The monoisotopic (exact) mass is 325 g/mol. The van der Waals surface area contributed by atoms with E-state index in [4.69, 9.17) is 0 Å². The van der Waals surface area contributed by atoms with E-state index in [0.29, 0.717) is 19.4 Å². The number of pyridine rings is 2. The Morgan fingerprint density at radius 3 is 2.71 bits per heavy atom. The van der Waals surface area contributed by atoms with Crippen LogP contribution in [0, 0.1) is 5.92 Å². The maximum Gasteiger partial charge on any atom is 0.308 e. The molecule has 1 N–H and O–H groups in total. The summed E-state index contributed by atoms with van der Waals surface area (Å²) in [6.45, 7) is 0.666. The van der Waals surface area contributed by atoms with Crippen LogP contribution < -0.4 is 0 Å². The zero-order valence-electron chi connectivity index (χ0n) is 13.2. The van der Waals surface area contributed by atoms with E-state index in [0.717, 1.165) is 11.3 Å². The van der Waals surface area contributed by atoms with E-state index in [1.807, 2.05) is 24.3 Å². The molecule has 0 aliphatic carbocycles. The van der Waals surface area contributed by atoms with Crippen LogP contribution in [0.2, 0.25) is 0 Å². The topological polar surface area (TPSA) is 83.4 Å². The average molecular weight is 325 g/mol. The summed E-state index contributed by atoms with van der Waals surface area (Å²) in [4.78, 5) is 33.9. The van der Waals surface area contributed by atoms with Crippen LogP contribution in [0.3, 0.4) is 0 Å². The van der Waals surface area contributed by atoms with Gasteiger partial charge in [0.25, 0.3) is 0 Å². The number of rotatable bonds is 5. The number of carboxylic acids is 1. The minimum absolute atomic E-state index is 0.0294. The van der Waals surface area contributed by atoms with Crippen LogP contribution in [-0.4, -0.2) is 44.9 Å². The van der Waals surface area contributed by atoms with Gasteiger partial charge in [-0.05, 0) is 30.2 Å². The van der Waals surface area contributed by atoms with Gasteiger partial charge in [-0.25, -0.2) is 0 Å². The molecule has 2 aromatic rings. The van der Waals surface area contributed by atoms with Gasteiger partial charge < -0.3 is 10.0 Å². The Labute approximate surface area is 140 Å². The summed E-state index contributed by atoms with van der Waals surface area (Å²) in [7, 11) is 0. The number of nitrogens with zero attached hydrogens (tertiary/aromatic N) is 3. The van der Waals surface area contributed by atoms with Gasteiger partial charge in [0.05, 0.1) is 5.92 Å². The number of aliphatic carboxylic acids is 1. The van der Waals surface area contributed by atoms with Crippen molar-refractivity contribution in [1.29, 1.82) is 0 Å². The summed E-state index contributed by atoms with van der Waals surface area (Å²) >= 11 is 0. The first-order chi connectivity index (χ1) is 11.6. The van der Waals surface area contributed by atoms with Crippen molar-refractivity contribution in [1.82, 2.24) is 14.9 Å². The van der Waals surface area contributed by atoms with Gasteiger partial charge in [0, 0.05) is 49.7 Å². The highest BCUT2D eigenvalue weighted by Gasteiger charge is 2.40. The number of hydrogen-bond donors (Lipinski definition) is 1. The second-order valence-electron chi connectivity index (χ2n) is 5.96. The van der Waals surface area contributed by atoms with Crippen molar-refractivity contribution in [2.75, 3.05) is 13.1 Å². The van der Waals surface area contributed by atoms with Gasteiger partial charge in [0.1, 0.15) is 0 Å². The summed E-state index contributed by atoms with van der Waals surface area (Å²) in [5, 5.41) is 9.48. The molecule has 6 nitrogen and oxygen atoms in total. The van der Waals surface area contributed by atoms with E-state index in [1.54, 1.807) is 29.6 Å². The normalized spacial score (nSPS) is 20.1. The molecule has 3 heterocycles. The quantitative estimate of drug-likeness (QED) is 0.905. The Morgan fingerprint density at radius 2 is 2.04 bits per heavy atom. The number of carbonyl (C=O) groups is 2. The maximum atomic E-state index is 12.5. The molecule has 1 aliphatic heterocycles. The molecule has 0 unspecified atom stereocenters. The van der Waals surface area contributed by atoms with Crippen LogP contribution in [-0.2, 0) is 16.0 Å². The van der Waals surface area contributed by atoms with E-state index >= 15 is 0 Å². The highest BCUT2D eigenvalue weighted by atomic mass is 16.4. The van der Waals surface area contributed by atoms with Gasteiger partial charge in [-0.2, -0.15) is 0 Å². The Hall–Kier alpha value is -2.76. The molecule has 0 bridgehead atoms. The molecule has 2 aromatic heterocycles. The Bertz CT molecular complexity index is 706. The van der Waals surface area contributed by atoms with Crippen LogP contribution in [0.5, 0.6) is 0 Å². The second-order valence-corrected chi connectivity index (χ2v) is 5.96. The van der Waals surface area contributed by atoms with Gasteiger partial charge >= 0.3 is 5.97 Å². The number of carbonyl (C=O) groups excluding carboxylic acids is 1. The van der Waals surface area contributed by atoms with Crippen molar-refractivity contribution in [3.63, 3.8) is 0 Å². The number of amides is 1. The number of hydrogen-bond acceptors (Lipinski definition) is 4. The van der Waals surface area contributed by atoms with Gasteiger partial charge in [-0.15, -0.1) is 0 Å². The van der Waals surface area contributed by atoms with E-state index in [1.165, 1.54) is 0 Å². The Kier molecular flexibility index (Phi) is 4.84. The first-order valence-corrected chi connectivity index (χ1v) is 7.95. The van der Waals surface area contributed by atoms with E-state index in [-0.39, 0.29) is 18.4 Å². The molecular weight excluding hydrogens is 306 g/mol. The van der Waals surface area contributed by atoms with Gasteiger partial charge in [-0.1, -0.05) is 12.1 Å². The summed E-state index contributed by atoms with van der Waals surface area (Å²) in [5.74, 6) is -1.70. The Balaban J connectivity index is 1.66. The minimum atomic E-state index is -0.871. The first kappa shape index (κ1) is 16.1. The summed E-state index contributed by atoms with van der Waals surface area (Å²) < 4.78 is 0. The van der Waals surface area contributed by atoms with Gasteiger partial charge in [0.15, 0.2) is 0 Å². The molecule has 0 radical (unpaired) electrons. The van der Waals surface area contributed by atoms with E-state index < -0.39 is 11.9 Å². The molecule has 1 amide bonds. The van der Waals surface area contributed by atoms with Crippen molar-refractivity contribution < 1.29 is 14.7 Å². The summed E-state index contributed by atoms with van der Waals surface area (Å²) in [6.07, 6.45) is 5.94. The van der Waals surface area contributed by atoms with E-state index in [2.05, 4.69) is 9.97 Å². The largest absolute Gasteiger partial charge is 0.481 e. The highest BCUT2D eigenvalue weighted by Crippen LogP contribution is 2.32. The molecule has 2 atom stereocenters. The predicted octanol–water partition coefficient (Wildman–Crippen LogP) is 1.74. The fourth-order valence-corrected chi connectivity index (χ4v) is 3.13. The van der Waals surface area contributed by atoms with Crippen molar-refractivity contribution >= 4 is 11.9 Å². The SMILES string of the molecule is O=C(O)[C@@H]1CN(C(=O)CCc2ccccn2)C[C@H]1c1cccnc1. The lowest BCUT2D eigenvalue weighted by Gasteiger charge is -2.16. The molecule has 1 fully saturated rings. The zero-order chi connectivity index (χ0) is 16.9. The molecular formula is C18H19N3O3. The molecule has 0 spiro atoms. The second kappa shape index (κ2) is 7.21. The molecule has 124 valence electrons. The first-order valence-electron chi connectivity index (χ1n) is 7.95. The molecule has 0 saturated carbocycles.